The van der Waals surface area contributed by atoms with Crippen LogP contribution in [0.4, 0.5) is 0 Å². The lowest BCUT2D eigenvalue weighted by Crippen LogP contribution is -1.93. The second kappa shape index (κ2) is 3.88. The third kappa shape index (κ3) is 1.68. The molecule has 0 unspecified atom stereocenters. The van der Waals surface area contributed by atoms with Crippen molar-refractivity contribution in [3.63, 3.8) is 0 Å². The van der Waals surface area contributed by atoms with E-state index in [1.54, 1.807) is 6.07 Å². The Morgan fingerprint density at radius 2 is 2.29 bits per heavy atom. The molecule has 2 rings (SSSR count). The monoisotopic (exact) mass is 212 g/mol. The van der Waals surface area contributed by atoms with Crippen LogP contribution in [-0.4, -0.2) is 13.1 Å². The highest BCUT2D eigenvalue weighted by molar-refractivity contribution is 6.32. The Bertz CT molecular complexity index is 363. The van der Waals surface area contributed by atoms with Gasteiger partial charge in [0.2, 0.25) is 6.79 Å². The van der Waals surface area contributed by atoms with E-state index in [1.165, 1.54) is 0 Å². The van der Waals surface area contributed by atoms with Crippen LogP contribution in [0.5, 0.6) is 11.5 Å². The fraction of sp³-hybridized carbons (Fsp3) is 0.300. The lowest BCUT2D eigenvalue weighted by molar-refractivity contribution is -0.107. The maximum Gasteiger partial charge on any atom is 0.231 e. The van der Waals surface area contributed by atoms with Crippen molar-refractivity contribution in [2.24, 2.45) is 0 Å². The summed E-state index contributed by atoms with van der Waals surface area (Å²) in [6, 6.07) is 3.66. The van der Waals surface area contributed by atoms with Gasteiger partial charge in [0, 0.05) is 6.42 Å². The zero-order valence-corrected chi connectivity index (χ0v) is 8.21. The average Bonchev–Trinajstić information content (AvgIpc) is 2.63. The Morgan fingerprint density at radius 3 is 3.07 bits per heavy atom. The Hall–Kier alpha value is -1.22. The summed E-state index contributed by atoms with van der Waals surface area (Å²) in [6.45, 7) is 0.214. The fourth-order valence-electron chi connectivity index (χ4n) is 1.39. The molecule has 4 heteroatoms. The van der Waals surface area contributed by atoms with E-state index >= 15 is 0 Å². The molecule has 0 fully saturated rings. The van der Waals surface area contributed by atoms with E-state index < -0.39 is 0 Å². The van der Waals surface area contributed by atoms with Crippen LogP contribution in [0.3, 0.4) is 0 Å². The molecule has 0 saturated heterocycles. The van der Waals surface area contributed by atoms with Crippen LogP contribution in [0, 0.1) is 0 Å². The molecule has 0 spiro atoms. The standard InChI is InChI=1S/C10H9ClO3/c11-8-4-7(2-1-3-12)5-9-10(8)14-6-13-9/h3-5H,1-2,6H2. The molecule has 0 saturated carbocycles. The van der Waals surface area contributed by atoms with Gasteiger partial charge in [0.1, 0.15) is 6.29 Å². The third-order valence-corrected chi connectivity index (χ3v) is 2.32. The number of rotatable bonds is 3. The van der Waals surface area contributed by atoms with E-state index in [1.807, 2.05) is 6.07 Å². The largest absolute Gasteiger partial charge is 0.454 e. The average molecular weight is 213 g/mol. The molecular weight excluding hydrogens is 204 g/mol. The van der Waals surface area contributed by atoms with E-state index in [0.29, 0.717) is 29.4 Å². The molecule has 1 aliphatic heterocycles. The number of halogens is 1. The quantitative estimate of drug-likeness (QED) is 0.721. The van der Waals surface area contributed by atoms with Gasteiger partial charge in [0.15, 0.2) is 11.5 Å². The highest BCUT2D eigenvalue weighted by Gasteiger charge is 2.17. The number of aryl methyl sites for hydroxylation is 1. The second-order valence-electron chi connectivity index (χ2n) is 3.02. The Kier molecular flexibility index (Phi) is 2.59. The van der Waals surface area contributed by atoms with Gasteiger partial charge in [-0.3, -0.25) is 0 Å². The van der Waals surface area contributed by atoms with Crippen LogP contribution in [0.2, 0.25) is 5.02 Å². The smallest absolute Gasteiger partial charge is 0.231 e. The maximum atomic E-state index is 10.2. The number of ether oxygens (including phenoxy) is 2. The molecule has 0 radical (unpaired) electrons. The molecule has 1 aromatic carbocycles. The predicted molar refractivity (Wildman–Crippen MR) is 52.0 cm³/mol. The molecule has 0 aromatic heterocycles. The number of carbonyl (C=O) groups is 1. The lowest BCUT2D eigenvalue weighted by atomic mass is 10.1. The number of aldehydes is 1. The second-order valence-corrected chi connectivity index (χ2v) is 3.42. The van der Waals surface area contributed by atoms with Crippen molar-refractivity contribution in [2.75, 3.05) is 6.79 Å². The minimum atomic E-state index is 0.214. The topological polar surface area (TPSA) is 35.5 Å². The van der Waals surface area contributed by atoms with Crippen LogP contribution >= 0.6 is 11.6 Å². The van der Waals surface area contributed by atoms with E-state index in [0.717, 1.165) is 11.8 Å². The SMILES string of the molecule is O=CCCc1cc(Cl)c2c(c1)OCO2. The number of benzene rings is 1. The van der Waals surface area contributed by atoms with Crippen LogP contribution in [0.1, 0.15) is 12.0 Å². The number of carbonyl (C=O) groups excluding carboxylic acids is 1. The van der Waals surface area contributed by atoms with Gasteiger partial charge in [-0.15, -0.1) is 0 Å². The summed E-state index contributed by atoms with van der Waals surface area (Å²) in [4.78, 5) is 10.2. The van der Waals surface area contributed by atoms with Crippen molar-refractivity contribution in [2.45, 2.75) is 12.8 Å². The van der Waals surface area contributed by atoms with E-state index in [2.05, 4.69) is 0 Å². The van der Waals surface area contributed by atoms with Crippen LogP contribution in [0.15, 0.2) is 12.1 Å². The van der Waals surface area contributed by atoms with Crippen molar-refractivity contribution in [1.82, 2.24) is 0 Å². The molecule has 1 aliphatic rings. The van der Waals surface area contributed by atoms with Gasteiger partial charge in [-0.2, -0.15) is 0 Å². The minimum Gasteiger partial charge on any atom is -0.454 e. The minimum absolute atomic E-state index is 0.214. The Labute approximate surface area is 86.6 Å². The molecule has 0 aliphatic carbocycles. The van der Waals surface area contributed by atoms with Gasteiger partial charge in [-0.25, -0.2) is 0 Å². The van der Waals surface area contributed by atoms with Crippen molar-refractivity contribution in [3.8, 4) is 11.5 Å². The van der Waals surface area contributed by atoms with Crippen LogP contribution in [0.25, 0.3) is 0 Å². The first-order chi connectivity index (χ1) is 6.81. The van der Waals surface area contributed by atoms with E-state index in [9.17, 15) is 4.79 Å². The van der Waals surface area contributed by atoms with E-state index in [4.69, 9.17) is 21.1 Å². The van der Waals surface area contributed by atoms with Crippen molar-refractivity contribution in [3.05, 3.63) is 22.7 Å². The molecule has 14 heavy (non-hydrogen) atoms. The zero-order chi connectivity index (χ0) is 9.97. The van der Waals surface area contributed by atoms with Gasteiger partial charge in [0.05, 0.1) is 5.02 Å². The van der Waals surface area contributed by atoms with Crippen molar-refractivity contribution >= 4 is 17.9 Å². The summed E-state index contributed by atoms with van der Waals surface area (Å²) in [5.41, 5.74) is 0.992. The first-order valence-electron chi connectivity index (χ1n) is 4.33. The molecule has 0 N–H and O–H groups in total. The highest BCUT2D eigenvalue weighted by atomic mass is 35.5. The summed E-state index contributed by atoms with van der Waals surface area (Å²) in [5.74, 6) is 1.26. The zero-order valence-electron chi connectivity index (χ0n) is 7.46. The Morgan fingerprint density at radius 1 is 1.43 bits per heavy atom. The molecule has 1 heterocycles. The van der Waals surface area contributed by atoms with Gasteiger partial charge < -0.3 is 14.3 Å². The fourth-order valence-corrected chi connectivity index (χ4v) is 1.68. The summed E-state index contributed by atoms with van der Waals surface area (Å²) in [5, 5.41) is 0.542. The molecule has 74 valence electrons. The first-order valence-corrected chi connectivity index (χ1v) is 4.70. The van der Waals surface area contributed by atoms with Crippen LogP contribution in [-0.2, 0) is 11.2 Å². The lowest BCUT2D eigenvalue weighted by Gasteiger charge is -2.02. The molecule has 0 bridgehead atoms. The molecule has 0 atom stereocenters. The van der Waals surface area contributed by atoms with Crippen molar-refractivity contribution < 1.29 is 14.3 Å². The Balaban J connectivity index is 2.27. The molecule has 0 amide bonds. The number of hydrogen-bond acceptors (Lipinski definition) is 3. The van der Waals surface area contributed by atoms with Gasteiger partial charge in [0.25, 0.3) is 0 Å². The first kappa shape index (κ1) is 9.34. The van der Waals surface area contributed by atoms with Gasteiger partial charge >= 0.3 is 0 Å². The highest BCUT2D eigenvalue weighted by Crippen LogP contribution is 2.39. The van der Waals surface area contributed by atoms with Crippen LogP contribution < -0.4 is 9.47 Å². The van der Waals surface area contributed by atoms with Gasteiger partial charge in [-0.05, 0) is 24.1 Å². The summed E-state index contributed by atoms with van der Waals surface area (Å²) in [7, 11) is 0. The third-order valence-electron chi connectivity index (χ3n) is 2.04. The molecule has 1 aromatic rings. The van der Waals surface area contributed by atoms with Crippen molar-refractivity contribution in [1.29, 1.82) is 0 Å². The number of fused-ring (bicyclic) bond motifs is 1. The van der Waals surface area contributed by atoms with Gasteiger partial charge in [-0.1, -0.05) is 11.6 Å². The normalized spacial score (nSPS) is 12.9. The predicted octanol–water partition coefficient (Wildman–Crippen LogP) is 2.20. The summed E-state index contributed by atoms with van der Waals surface area (Å²) < 4.78 is 10.4. The summed E-state index contributed by atoms with van der Waals surface area (Å²) in [6.07, 6.45) is 2.06. The molecular formula is C10H9ClO3. The summed E-state index contributed by atoms with van der Waals surface area (Å²) >= 11 is 5.96. The number of hydrogen-bond donors (Lipinski definition) is 0. The maximum absolute atomic E-state index is 10.2. The van der Waals surface area contributed by atoms with E-state index in [-0.39, 0.29) is 6.79 Å². The molecule has 3 nitrogen and oxygen atoms in total.